The number of rotatable bonds is 5. The molecule has 1 saturated heterocycles. The summed E-state index contributed by atoms with van der Waals surface area (Å²) in [6.45, 7) is 10.8. The monoisotopic (exact) mass is 274 g/mol. The fourth-order valence-corrected chi connectivity index (χ4v) is 2.44. The Morgan fingerprint density at radius 1 is 1.30 bits per heavy atom. The molecule has 0 amide bonds. The third kappa shape index (κ3) is 3.65. The lowest BCUT2D eigenvalue weighted by atomic mass is 10.2. The van der Waals surface area contributed by atoms with Crippen LogP contribution >= 0.6 is 0 Å². The highest BCUT2D eigenvalue weighted by Crippen LogP contribution is 2.09. The normalized spacial score (nSPS) is 18.4. The van der Waals surface area contributed by atoms with Gasteiger partial charge >= 0.3 is 0 Å². The molecule has 108 valence electrons. The second kappa shape index (κ2) is 7.17. The van der Waals surface area contributed by atoms with E-state index in [1.165, 1.54) is 6.20 Å². The zero-order valence-corrected chi connectivity index (χ0v) is 12.2. The van der Waals surface area contributed by atoms with Crippen LogP contribution in [-0.2, 0) is 0 Å². The van der Waals surface area contributed by atoms with E-state index in [0.29, 0.717) is 17.6 Å². The number of aromatic nitrogens is 2. The quantitative estimate of drug-likeness (QED) is 0.856. The summed E-state index contributed by atoms with van der Waals surface area (Å²) in [6.07, 6.45) is 3.14. The minimum Gasteiger partial charge on any atom is -0.366 e. The predicted molar refractivity (Wildman–Crippen MR) is 78.4 cm³/mol. The molecule has 1 atom stereocenters. The van der Waals surface area contributed by atoms with E-state index in [4.69, 9.17) is 5.26 Å². The molecular weight excluding hydrogens is 252 g/mol. The van der Waals surface area contributed by atoms with Gasteiger partial charge in [-0.2, -0.15) is 5.26 Å². The smallest absolute Gasteiger partial charge is 0.182 e. The van der Waals surface area contributed by atoms with Gasteiger partial charge in [-0.3, -0.25) is 4.90 Å². The molecule has 1 aliphatic heterocycles. The Morgan fingerprint density at radius 3 is 2.65 bits per heavy atom. The number of hydrogen-bond donors (Lipinski definition) is 1. The zero-order valence-electron chi connectivity index (χ0n) is 12.2. The minimum atomic E-state index is 0.357. The zero-order chi connectivity index (χ0) is 14.4. The third-order valence-corrected chi connectivity index (χ3v) is 3.85. The summed E-state index contributed by atoms with van der Waals surface area (Å²) in [7, 11) is 0. The summed E-state index contributed by atoms with van der Waals surface area (Å²) in [5, 5.41) is 12.2. The topological polar surface area (TPSA) is 68.1 Å². The lowest BCUT2D eigenvalue weighted by Crippen LogP contribution is -2.51. The van der Waals surface area contributed by atoms with E-state index in [-0.39, 0.29) is 0 Å². The first-order valence-electron chi connectivity index (χ1n) is 7.16. The lowest BCUT2D eigenvalue weighted by Gasteiger charge is -2.37. The molecule has 2 heterocycles. The molecule has 6 nitrogen and oxygen atoms in total. The first-order chi connectivity index (χ1) is 9.74. The number of likely N-dealkylation sites (N-methyl/N-ethyl adjacent to an activating group) is 1. The summed E-state index contributed by atoms with van der Waals surface area (Å²) >= 11 is 0. The average molecular weight is 274 g/mol. The molecule has 0 aromatic carbocycles. The van der Waals surface area contributed by atoms with Crippen molar-refractivity contribution in [2.75, 3.05) is 44.6 Å². The van der Waals surface area contributed by atoms with Gasteiger partial charge in [0.2, 0.25) is 0 Å². The van der Waals surface area contributed by atoms with Crippen molar-refractivity contribution in [3.05, 3.63) is 18.1 Å². The highest BCUT2D eigenvalue weighted by atomic mass is 15.3. The Bertz CT molecular complexity index is 461. The Labute approximate surface area is 120 Å². The number of nitriles is 1. The molecule has 1 N–H and O–H groups in total. The number of nitrogens with one attached hydrogen (secondary N) is 1. The Kier molecular flexibility index (Phi) is 5.27. The van der Waals surface area contributed by atoms with E-state index >= 15 is 0 Å². The van der Waals surface area contributed by atoms with Crippen LogP contribution in [0.3, 0.4) is 0 Å². The minimum absolute atomic E-state index is 0.357. The molecule has 1 unspecified atom stereocenters. The summed E-state index contributed by atoms with van der Waals surface area (Å²) in [5.74, 6) is 0.578. The molecule has 1 fully saturated rings. The molecule has 0 radical (unpaired) electrons. The van der Waals surface area contributed by atoms with Crippen LogP contribution in [0, 0.1) is 11.3 Å². The fraction of sp³-hybridized carbons (Fsp3) is 0.643. The van der Waals surface area contributed by atoms with E-state index in [1.807, 2.05) is 0 Å². The molecule has 0 saturated carbocycles. The van der Waals surface area contributed by atoms with Gasteiger partial charge in [0.05, 0.1) is 0 Å². The highest BCUT2D eigenvalue weighted by Gasteiger charge is 2.20. The molecule has 0 spiro atoms. The van der Waals surface area contributed by atoms with Gasteiger partial charge in [0.15, 0.2) is 11.5 Å². The first-order valence-corrected chi connectivity index (χ1v) is 7.16. The molecule has 20 heavy (non-hydrogen) atoms. The van der Waals surface area contributed by atoms with Crippen molar-refractivity contribution < 1.29 is 0 Å². The van der Waals surface area contributed by atoms with Crippen molar-refractivity contribution in [2.45, 2.75) is 19.9 Å². The van der Waals surface area contributed by atoms with Gasteiger partial charge in [-0.1, -0.05) is 6.92 Å². The van der Waals surface area contributed by atoms with Crippen LogP contribution in [0.15, 0.2) is 12.4 Å². The highest BCUT2D eigenvalue weighted by molar-refractivity contribution is 5.46. The lowest BCUT2D eigenvalue weighted by molar-refractivity contribution is 0.110. The van der Waals surface area contributed by atoms with Gasteiger partial charge in [-0.05, 0) is 13.5 Å². The first kappa shape index (κ1) is 14.7. The third-order valence-electron chi connectivity index (χ3n) is 3.85. The molecule has 1 aromatic rings. The van der Waals surface area contributed by atoms with Crippen LogP contribution in [0.25, 0.3) is 0 Å². The van der Waals surface area contributed by atoms with Crippen LogP contribution < -0.4 is 5.32 Å². The van der Waals surface area contributed by atoms with Crippen molar-refractivity contribution in [1.82, 2.24) is 19.8 Å². The van der Waals surface area contributed by atoms with E-state index in [1.54, 1.807) is 6.20 Å². The summed E-state index contributed by atoms with van der Waals surface area (Å²) < 4.78 is 0. The number of anilines is 1. The molecule has 1 aromatic heterocycles. The van der Waals surface area contributed by atoms with Crippen molar-refractivity contribution in [3.63, 3.8) is 0 Å². The fourth-order valence-electron chi connectivity index (χ4n) is 2.44. The van der Waals surface area contributed by atoms with Crippen LogP contribution in [0.1, 0.15) is 19.5 Å². The number of nitrogens with zero attached hydrogens (tertiary/aromatic N) is 5. The van der Waals surface area contributed by atoms with E-state index < -0.39 is 0 Å². The SMILES string of the molecule is CCN1CCN(C(C)CNc2nccnc2C#N)CC1. The predicted octanol–water partition coefficient (Wildman–Crippen LogP) is 0.786. The van der Waals surface area contributed by atoms with Gasteiger partial charge < -0.3 is 10.2 Å². The Morgan fingerprint density at radius 2 is 2.00 bits per heavy atom. The Balaban J connectivity index is 1.83. The van der Waals surface area contributed by atoms with Gasteiger partial charge in [-0.15, -0.1) is 0 Å². The number of piperazine rings is 1. The molecule has 2 rings (SSSR count). The standard InChI is InChI=1S/C14H22N6/c1-3-19-6-8-20(9-7-19)12(2)11-18-14-13(10-15)16-4-5-17-14/h4-5,12H,3,6-9,11H2,1-2H3,(H,17,18). The number of hydrogen-bond acceptors (Lipinski definition) is 6. The van der Waals surface area contributed by atoms with Crippen LogP contribution in [0.4, 0.5) is 5.82 Å². The van der Waals surface area contributed by atoms with Crippen molar-refractivity contribution in [2.24, 2.45) is 0 Å². The summed E-state index contributed by atoms with van der Waals surface area (Å²) in [6, 6.07) is 2.47. The maximum Gasteiger partial charge on any atom is 0.182 e. The molecule has 0 bridgehead atoms. The second-order valence-corrected chi connectivity index (χ2v) is 5.07. The Hall–Kier alpha value is -1.71. The average Bonchev–Trinajstić information content (AvgIpc) is 2.53. The van der Waals surface area contributed by atoms with E-state index in [2.05, 4.69) is 45.0 Å². The summed E-state index contributed by atoms with van der Waals surface area (Å²) in [5.41, 5.74) is 0.357. The maximum absolute atomic E-state index is 8.98. The molecular formula is C14H22N6. The van der Waals surface area contributed by atoms with Gasteiger partial charge in [-0.25, -0.2) is 9.97 Å². The maximum atomic E-state index is 8.98. The van der Waals surface area contributed by atoms with E-state index in [0.717, 1.165) is 39.3 Å². The van der Waals surface area contributed by atoms with Crippen molar-refractivity contribution in [1.29, 1.82) is 5.26 Å². The van der Waals surface area contributed by atoms with Crippen LogP contribution in [-0.4, -0.2) is 65.1 Å². The van der Waals surface area contributed by atoms with Gasteiger partial charge in [0, 0.05) is 51.2 Å². The second-order valence-electron chi connectivity index (χ2n) is 5.07. The molecule has 1 aliphatic rings. The van der Waals surface area contributed by atoms with Gasteiger partial charge in [0.1, 0.15) is 6.07 Å². The molecule has 6 heteroatoms. The van der Waals surface area contributed by atoms with Gasteiger partial charge in [0.25, 0.3) is 0 Å². The largest absolute Gasteiger partial charge is 0.366 e. The van der Waals surface area contributed by atoms with Crippen LogP contribution in [0.2, 0.25) is 0 Å². The van der Waals surface area contributed by atoms with E-state index in [9.17, 15) is 0 Å². The van der Waals surface area contributed by atoms with Crippen molar-refractivity contribution >= 4 is 5.82 Å². The summed E-state index contributed by atoms with van der Waals surface area (Å²) in [4.78, 5) is 13.1. The van der Waals surface area contributed by atoms with Crippen molar-refractivity contribution in [3.8, 4) is 6.07 Å². The van der Waals surface area contributed by atoms with Crippen LogP contribution in [0.5, 0.6) is 0 Å². The molecule has 0 aliphatic carbocycles.